The highest BCUT2D eigenvalue weighted by atomic mass is 32.2. The maximum atomic E-state index is 12.3. The maximum absolute atomic E-state index is 12.3. The van der Waals surface area contributed by atoms with Gasteiger partial charge in [0, 0.05) is 19.6 Å². The summed E-state index contributed by atoms with van der Waals surface area (Å²) >= 11 is 0. The molecule has 1 aromatic rings. The SMILES string of the molecule is CNCCN1CC(C)S(=O)(=O)c2cc(C)ccc21. The van der Waals surface area contributed by atoms with Crippen molar-refractivity contribution in [3.63, 3.8) is 0 Å². The molecule has 0 radical (unpaired) electrons. The average Bonchev–Trinajstić information content (AvgIpc) is 2.33. The summed E-state index contributed by atoms with van der Waals surface area (Å²) in [4.78, 5) is 2.63. The molecule has 0 aromatic heterocycles. The number of hydrogen-bond acceptors (Lipinski definition) is 4. The van der Waals surface area contributed by atoms with Gasteiger partial charge in [-0.3, -0.25) is 0 Å². The van der Waals surface area contributed by atoms with E-state index in [0.29, 0.717) is 11.4 Å². The van der Waals surface area contributed by atoms with Crippen molar-refractivity contribution < 1.29 is 8.42 Å². The summed E-state index contributed by atoms with van der Waals surface area (Å²) in [5.74, 6) is 0. The van der Waals surface area contributed by atoms with Crippen LogP contribution in [-0.2, 0) is 9.84 Å². The Morgan fingerprint density at radius 3 is 2.83 bits per heavy atom. The van der Waals surface area contributed by atoms with E-state index in [9.17, 15) is 8.42 Å². The second-order valence-corrected chi connectivity index (χ2v) is 7.21. The lowest BCUT2D eigenvalue weighted by atomic mass is 10.2. The van der Waals surface area contributed by atoms with Crippen molar-refractivity contribution in [2.45, 2.75) is 24.0 Å². The van der Waals surface area contributed by atoms with Crippen molar-refractivity contribution in [1.82, 2.24) is 5.32 Å². The van der Waals surface area contributed by atoms with Gasteiger partial charge in [0.1, 0.15) is 0 Å². The van der Waals surface area contributed by atoms with E-state index >= 15 is 0 Å². The number of anilines is 1. The molecule has 0 spiro atoms. The Bertz CT molecular complexity index is 540. The van der Waals surface area contributed by atoms with Crippen LogP contribution in [-0.4, -0.2) is 40.3 Å². The zero-order valence-electron chi connectivity index (χ0n) is 11.1. The third kappa shape index (κ3) is 2.24. The first-order chi connectivity index (χ1) is 8.46. The Balaban J connectivity index is 2.48. The minimum absolute atomic E-state index is 0.344. The fourth-order valence-corrected chi connectivity index (χ4v) is 3.94. The molecule has 1 aliphatic heterocycles. The zero-order chi connectivity index (χ0) is 13.3. The Morgan fingerprint density at radius 1 is 1.44 bits per heavy atom. The molecule has 0 fully saturated rings. The highest BCUT2D eigenvalue weighted by Crippen LogP contribution is 2.34. The monoisotopic (exact) mass is 268 g/mol. The first-order valence-electron chi connectivity index (χ1n) is 6.21. The number of likely N-dealkylation sites (N-methyl/N-ethyl adjacent to an activating group) is 1. The van der Waals surface area contributed by atoms with Gasteiger partial charge in [-0.15, -0.1) is 0 Å². The van der Waals surface area contributed by atoms with Crippen LogP contribution >= 0.6 is 0 Å². The van der Waals surface area contributed by atoms with Gasteiger partial charge in [-0.2, -0.15) is 0 Å². The van der Waals surface area contributed by atoms with Crippen molar-refractivity contribution in [3.8, 4) is 0 Å². The van der Waals surface area contributed by atoms with Crippen LogP contribution in [0.5, 0.6) is 0 Å². The normalized spacial score (nSPS) is 21.7. The quantitative estimate of drug-likeness (QED) is 0.895. The van der Waals surface area contributed by atoms with Crippen LogP contribution < -0.4 is 10.2 Å². The number of aryl methyl sites for hydroxylation is 1. The predicted octanol–water partition coefficient (Wildman–Crippen LogP) is 1.20. The second kappa shape index (κ2) is 4.90. The number of fused-ring (bicyclic) bond motifs is 1. The van der Waals surface area contributed by atoms with Gasteiger partial charge < -0.3 is 10.2 Å². The fourth-order valence-electron chi connectivity index (χ4n) is 2.29. The van der Waals surface area contributed by atoms with Crippen LogP contribution in [0.15, 0.2) is 23.1 Å². The van der Waals surface area contributed by atoms with Crippen molar-refractivity contribution in [1.29, 1.82) is 0 Å². The zero-order valence-corrected chi connectivity index (χ0v) is 11.9. The van der Waals surface area contributed by atoms with Gasteiger partial charge in [-0.1, -0.05) is 6.07 Å². The third-order valence-electron chi connectivity index (χ3n) is 3.40. The number of sulfone groups is 1. The van der Waals surface area contributed by atoms with E-state index in [-0.39, 0.29) is 5.25 Å². The van der Waals surface area contributed by atoms with Crippen molar-refractivity contribution >= 4 is 15.5 Å². The van der Waals surface area contributed by atoms with Gasteiger partial charge >= 0.3 is 0 Å². The number of benzene rings is 1. The molecule has 2 rings (SSSR count). The molecule has 0 amide bonds. The summed E-state index contributed by atoms with van der Waals surface area (Å²) < 4.78 is 24.7. The highest BCUT2D eigenvalue weighted by molar-refractivity contribution is 7.92. The summed E-state index contributed by atoms with van der Waals surface area (Å²) in [7, 11) is -1.26. The summed E-state index contributed by atoms with van der Waals surface area (Å²) in [5.41, 5.74) is 1.83. The van der Waals surface area contributed by atoms with Crippen LogP contribution in [0.3, 0.4) is 0 Å². The number of hydrogen-bond donors (Lipinski definition) is 1. The minimum atomic E-state index is -3.16. The molecule has 1 atom stereocenters. The van der Waals surface area contributed by atoms with E-state index in [1.54, 1.807) is 13.0 Å². The summed E-state index contributed by atoms with van der Waals surface area (Å²) in [6, 6.07) is 5.67. The second-order valence-electron chi connectivity index (χ2n) is 4.88. The molecule has 1 aromatic carbocycles. The van der Waals surface area contributed by atoms with Gasteiger partial charge in [0.25, 0.3) is 0 Å². The summed E-state index contributed by atoms with van der Waals surface area (Å²) in [6.45, 7) is 5.95. The predicted molar refractivity (Wildman–Crippen MR) is 74.0 cm³/mol. The van der Waals surface area contributed by atoms with E-state index in [2.05, 4.69) is 10.2 Å². The molecule has 5 heteroatoms. The van der Waals surface area contributed by atoms with Crippen molar-refractivity contribution in [3.05, 3.63) is 23.8 Å². The summed E-state index contributed by atoms with van der Waals surface area (Å²) in [6.07, 6.45) is 0. The highest BCUT2D eigenvalue weighted by Gasteiger charge is 2.34. The Morgan fingerprint density at radius 2 is 2.17 bits per heavy atom. The molecule has 0 saturated heterocycles. The minimum Gasteiger partial charge on any atom is -0.368 e. The molecule has 1 unspecified atom stereocenters. The smallest absolute Gasteiger partial charge is 0.184 e. The molecular formula is C13H20N2O2S. The topological polar surface area (TPSA) is 49.4 Å². The molecule has 0 bridgehead atoms. The average molecular weight is 268 g/mol. The van der Waals surface area contributed by atoms with Crippen LogP contribution in [0, 0.1) is 6.92 Å². The van der Waals surface area contributed by atoms with E-state index in [4.69, 9.17) is 0 Å². The standard InChI is InChI=1S/C13H20N2O2S/c1-10-4-5-12-13(8-10)18(16,17)11(2)9-15(12)7-6-14-3/h4-5,8,11,14H,6-7,9H2,1-3H3. The van der Waals surface area contributed by atoms with Gasteiger partial charge in [-0.25, -0.2) is 8.42 Å². The lowest BCUT2D eigenvalue weighted by Gasteiger charge is -2.34. The maximum Gasteiger partial charge on any atom is 0.184 e. The molecule has 18 heavy (non-hydrogen) atoms. The lowest BCUT2D eigenvalue weighted by Crippen LogP contribution is -2.43. The first-order valence-corrected chi connectivity index (χ1v) is 7.75. The number of rotatable bonds is 3. The van der Waals surface area contributed by atoms with Crippen LogP contribution in [0.4, 0.5) is 5.69 Å². The molecule has 100 valence electrons. The molecule has 0 aliphatic carbocycles. The van der Waals surface area contributed by atoms with E-state index in [0.717, 1.165) is 24.3 Å². The Labute approximate surface area is 109 Å². The first kappa shape index (κ1) is 13.4. The van der Waals surface area contributed by atoms with Crippen molar-refractivity contribution in [2.75, 3.05) is 31.6 Å². The molecular weight excluding hydrogens is 248 g/mol. The summed E-state index contributed by atoms with van der Waals surface area (Å²) in [5, 5.41) is 2.76. The van der Waals surface area contributed by atoms with Gasteiger partial charge in [-0.05, 0) is 38.6 Å². The molecule has 1 aliphatic rings. The van der Waals surface area contributed by atoms with Crippen LogP contribution in [0.2, 0.25) is 0 Å². The van der Waals surface area contributed by atoms with Gasteiger partial charge in [0.2, 0.25) is 0 Å². The number of nitrogens with one attached hydrogen (secondary N) is 1. The molecule has 4 nitrogen and oxygen atoms in total. The molecule has 1 N–H and O–H groups in total. The lowest BCUT2D eigenvalue weighted by molar-refractivity contribution is 0.571. The Kier molecular flexibility index (Phi) is 3.64. The molecule has 0 saturated carbocycles. The van der Waals surface area contributed by atoms with Crippen molar-refractivity contribution in [2.24, 2.45) is 0 Å². The third-order valence-corrected chi connectivity index (χ3v) is 5.55. The van der Waals surface area contributed by atoms with Gasteiger partial charge in [0.15, 0.2) is 9.84 Å². The van der Waals surface area contributed by atoms with Gasteiger partial charge in [0.05, 0.1) is 15.8 Å². The Hall–Kier alpha value is -1.07. The van der Waals surface area contributed by atoms with E-state index < -0.39 is 9.84 Å². The number of nitrogens with zero attached hydrogens (tertiary/aromatic N) is 1. The fraction of sp³-hybridized carbons (Fsp3) is 0.538. The van der Waals surface area contributed by atoms with Crippen LogP contribution in [0.1, 0.15) is 12.5 Å². The van der Waals surface area contributed by atoms with Crippen LogP contribution in [0.25, 0.3) is 0 Å². The largest absolute Gasteiger partial charge is 0.368 e. The van der Waals surface area contributed by atoms with E-state index in [1.807, 2.05) is 26.1 Å². The van der Waals surface area contributed by atoms with E-state index in [1.165, 1.54) is 0 Å². The molecule has 1 heterocycles.